The van der Waals surface area contributed by atoms with Crippen LogP contribution in [0.25, 0.3) is 0 Å². The van der Waals surface area contributed by atoms with E-state index in [-0.39, 0.29) is 5.60 Å². The maximum absolute atomic E-state index is 6.12. The van der Waals surface area contributed by atoms with E-state index in [1.807, 2.05) is 12.1 Å². The largest absolute Gasteiger partial charge is 0.486 e. The number of hydrogen-bond acceptors (Lipinski definition) is 3. The molecule has 0 spiro atoms. The lowest BCUT2D eigenvalue weighted by atomic mass is 9.77. The highest BCUT2D eigenvalue weighted by Crippen LogP contribution is 2.38. The van der Waals surface area contributed by atoms with Crippen LogP contribution in [0.4, 0.5) is 0 Å². The molecule has 0 amide bonds. The van der Waals surface area contributed by atoms with Gasteiger partial charge in [0.05, 0.1) is 6.20 Å². The Morgan fingerprint density at radius 1 is 1.41 bits per heavy atom. The van der Waals surface area contributed by atoms with Crippen molar-refractivity contribution in [1.82, 2.24) is 10.3 Å². The molecule has 1 aromatic heterocycles. The minimum Gasteiger partial charge on any atom is -0.486 e. The molecule has 94 valence electrons. The summed E-state index contributed by atoms with van der Waals surface area (Å²) in [5.41, 5.74) is 0.0732. The first-order chi connectivity index (χ1) is 8.35. The number of hydrogen-bond donors (Lipinski definition) is 1. The van der Waals surface area contributed by atoms with E-state index in [9.17, 15) is 0 Å². The molecule has 1 saturated carbocycles. The van der Waals surface area contributed by atoms with Gasteiger partial charge in [0.25, 0.3) is 0 Å². The molecule has 1 aliphatic rings. The van der Waals surface area contributed by atoms with Crippen LogP contribution in [-0.2, 0) is 0 Å². The minimum atomic E-state index is 0.0732. The molecule has 3 heteroatoms. The lowest BCUT2D eigenvalue weighted by Gasteiger charge is -2.42. The molecule has 0 unspecified atom stereocenters. The van der Waals surface area contributed by atoms with Crippen molar-refractivity contribution >= 4 is 0 Å². The van der Waals surface area contributed by atoms with Crippen molar-refractivity contribution in [3.05, 3.63) is 24.5 Å². The monoisotopic (exact) mass is 234 g/mol. The smallest absolute Gasteiger partial charge is 0.138 e. The second-order valence-corrected chi connectivity index (χ2v) is 4.83. The second-order valence-electron chi connectivity index (χ2n) is 4.83. The fourth-order valence-corrected chi connectivity index (χ4v) is 2.25. The van der Waals surface area contributed by atoms with Gasteiger partial charge in [-0.25, -0.2) is 0 Å². The van der Waals surface area contributed by atoms with E-state index in [0.717, 1.165) is 25.3 Å². The summed E-state index contributed by atoms with van der Waals surface area (Å²) in [4.78, 5) is 4.10. The molecule has 0 radical (unpaired) electrons. The third-order valence-corrected chi connectivity index (χ3v) is 3.42. The van der Waals surface area contributed by atoms with Crippen LogP contribution in [0.3, 0.4) is 0 Å². The van der Waals surface area contributed by atoms with Crippen LogP contribution in [0, 0.1) is 0 Å². The van der Waals surface area contributed by atoms with Gasteiger partial charge in [0.1, 0.15) is 11.4 Å². The first kappa shape index (κ1) is 12.4. The van der Waals surface area contributed by atoms with Gasteiger partial charge in [0.15, 0.2) is 0 Å². The molecule has 3 nitrogen and oxygen atoms in total. The molecular formula is C14H22N2O. The predicted octanol–water partition coefficient (Wildman–Crippen LogP) is 2.77. The summed E-state index contributed by atoms with van der Waals surface area (Å²) in [5, 5.41) is 3.45. The zero-order valence-electron chi connectivity index (χ0n) is 10.6. The zero-order chi connectivity index (χ0) is 12.0. The third-order valence-electron chi connectivity index (χ3n) is 3.42. The molecule has 1 aromatic rings. The van der Waals surface area contributed by atoms with Crippen molar-refractivity contribution in [2.45, 2.75) is 44.6 Å². The van der Waals surface area contributed by atoms with Gasteiger partial charge in [0.2, 0.25) is 0 Å². The summed E-state index contributed by atoms with van der Waals surface area (Å²) < 4.78 is 6.12. The van der Waals surface area contributed by atoms with Crippen LogP contribution in [0.1, 0.15) is 39.0 Å². The molecule has 1 N–H and O–H groups in total. The van der Waals surface area contributed by atoms with E-state index in [2.05, 4.69) is 17.2 Å². The number of pyridine rings is 1. The number of ether oxygens (including phenoxy) is 1. The minimum absolute atomic E-state index is 0.0732. The second kappa shape index (κ2) is 6.01. The third kappa shape index (κ3) is 3.43. The fourth-order valence-electron chi connectivity index (χ4n) is 2.25. The quantitative estimate of drug-likeness (QED) is 0.737. The van der Waals surface area contributed by atoms with E-state index in [1.165, 1.54) is 25.7 Å². The number of rotatable bonds is 7. The van der Waals surface area contributed by atoms with Gasteiger partial charge in [-0.05, 0) is 57.3 Å². The Morgan fingerprint density at radius 3 is 2.88 bits per heavy atom. The standard InChI is InChI=1S/C14H22N2O/c1-2-9-15-11-8-14(6-4-7-14)17-13-5-3-10-16-12-13/h3,5,10,12,15H,2,4,6-9,11H2,1H3. The number of nitrogens with one attached hydrogen (secondary N) is 1. The highest BCUT2D eigenvalue weighted by molar-refractivity contribution is 5.17. The van der Waals surface area contributed by atoms with Crippen LogP contribution in [0.15, 0.2) is 24.5 Å². The van der Waals surface area contributed by atoms with Crippen molar-refractivity contribution in [3.63, 3.8) is 0 Å². The van der Waals surface area contributed by atoms with Gasteiger partial charge in [-0.1, -0.05) is 6.92 Å². The van der Waals surface area contributed by atoms with Gasteiger partial charge in [-0.15, -0.1) is 0 Å². The Balaban J connectivity index is 1.82. The van der Waals surface area contributed by atoms with Crippen molar-refractivity contribution in [1.29, 1.82) is 0 Å². The molecule has 0 aromatic carbocycles. The molecule has 1 fully saturated rings. The molecule has 0 aliphatic heterocycles. The molecular weight excluding hydrogens is 212 g/mol. The van der Waals surface area contributed by atoms with Crippen molar-refractivity contribution < 1.29 is 4.74 Å². The van der Waals surface area contributed by atoms with Crippen LogP contribution in [0.2, 0.25) is 0 Å². The normalized spacial score (nSPS) is 17.5. The van der Waals surface area contributed by atoms with E-state index in [1.54, 1.807) is 12.4 Å². The van der Waals surface area contributed by atoms with Crippen LogP contribution < -0.4 is 10.1 Å². The first-order valence-electron chi connectivity index (χ1n) is 6.64. The topological polar surface area (TPSA) is 34.1 Å². The van der Waals surface area contributed by atoms with E-state index >= 15 is 0 Å². The molecule has 1 aliphatic carbocycles. The summed E-state index contributed by atoms with van der Waals surface area (Å²) in [7, 11) is 0. The van der Waals surface area contributed by atoms with Gasteiger partial charge >= 0.3 is 0 Å². The van der Waals surface area contributed by atoms with E-state index < -0.39 is 0 Å². The van der Waals surface area contributed by atoms with Crippen molar-refractivity contribution in [2.75, 3.05) is 13.1 Å². The Hall–Kier alpha value is -1.09. The van der Waals surface area contributed by atoms with Gasteiger partial charge < -0.3 is 10.1 Å². The Bertz CT molecular complexity index is 322. The highest BCUT2D eigenvalue weighted by Gasteiger charge is 2.38. The zero-order valence-corrected chi connectivity index (χ0v) is 10.6. The number of aromatic nitrogens is 1. The van der Waals surface area contributed by atoms with Gasteiger partial charge in [-0.3, -0.25) is 4.98 Å². The maximum Gasteiger partial charge on any atom is 0.138 e. The fraction of sp³-hybridized carbons (Fsp3) is 0.643. The molecule has 0 atom stereocenters. The van der Waals surface area contributed by atoms with Crippen LogP contribution in [-0.4, -0.2) is 23.7 Å². The summed E-state index contributed by atoms with van der Waals surface area (Å²) in [6.07, 6.45) is 9.51. The van der Waals surface area contributed by atoms with Gasteiger partial charge in [-0.2, -0.15) is 0 Å². The summed E-state index contributed by atoms with van der Waals surface area (Å²) in [5.74, 6) is 0.905. The molecule has 0 bridgehead atoms. The van der Waals surface area contributed by atoms with E-state index in [0.29, 0.717) is 0 Å². The van der Waals surface area contributed by atoms with Gasteiger partial charge in [0, 0.05) is 6.20 Å². The summed E-state index contributed by atoms with van der Waals surface area (Å²) in [6.45, 7) is 4.34. The SMILES string of the molecule is CCCNCCC1(Oc2cccnc2)CCC1. The lowest BCUT2D eigenvalue weighted by molar-refractivity contribution is -0.0144. The first-order valence-corrected chi connectivity index (χ1v) is 6.64. The highest BCUT2D eigenvalue weighted by atomic mass is 16.5. The average molecular weight is 234 g/mol. The number of nitrogens with zero attached hydrogens (tertiary/aromatic N) is 1. The molecule has 17 heavy (non-hydrogen) atoms. The average Bonchev–Trinajstić information content (AvgIpc) is 2.32. The molecule has 2 rings (SSSR count). The summed E-state index contributed by atoms with van der Waals surface area (Å²) in [6, 6.07) is 3.92. The maximum atomic E-state index is 6.12. The Morgan fingerprint density at radius 2 is 2.29 bits per heavy atom. The predicted molar refractivity (Wildman–Crippen MR) is 69.2 cm³/mol. The lowest BCUT2D eigenvalue weighted by Crippen LogP contribution is -2.45. The Kier molecular flexibility index (Phi) is 4.37. The molecule has 1 heterocycles. The Labute approximate surface area is 104 Å². The van der Waals surface area contributed by atoms with Crippen molar-refractivity contribution in [3.8, 4) is 5.75 Å². The van der Waals surface area contributed by atoms with Crippen LogP contribution >= 0.6 is 0 Å². The van der Waals surface area contributed by atoms with Crippen molar-refractivity contribution in [2.24, 2.45) is 0 Å². The molecule has 0 saturated heterocycles. The van der Waals surface area contributed by atoms with E-state index in [4.69, 9.17) is 4.74 Å². The van der Waals surface area contributed by atoms with Crippen LogP contribution in [0.5, 0.6) is 5.75 Å². The summed E-state index contributed by atoms with van der Waals surface area (Å²) >= 11 is 0.